The molecule has 1 unspecified atom stereocenters. The van der Waals surface area contributed by atoms with E-state index in [-0.39, 0.29) is 0 Å². The molecule has 0 radical (unpaired) electrons. The maximum Gasteiger partial charge on any atom is 0.0634 e. The van der Waals surface area contributed by atoms with Gasteiger partial charge in [0.1, 0.15) is 0 Å². The lowest BCUT2D eigenvalue weighted by Gasteiger charge is -2.35. The Kier molecular flexibility index (Phi) is 3.90. The van der Waals surface area contributed by atoms with E-state index in [9.17, 15) is 0 Å². The summed E-state index contributed by atoms with van der Waals surface area (Å²) < 4.78 is 0. The first-order valence-corrected chi connectivity index (χ1v) is 8.42. The Bertz CT molecular complexity index is 585. The Hall–Kier alpha value is -1.54. The highest BCUT2D eigenvalue weighted by Gasteiger charge is 2.29. The van der Waals surface area contributed by atoms with Crippen molar-refractivity contribution in [1.29, 1.82) is 0 Å². The minimum absolute atomic E-state index is 0.407. The normalized spacial score (nSPS) is 28.4. The molecule has 1 fully saturated rings. The van der Waals surface area contributed by atoms with Gasteiger partial charge in [0.2, 0.25) is 0 Å². The summed E-state index contributed by atoms with van der Waals surface area (Å²) in [7, 11) is 0. The van der Waals surface area contributed by atoms with Gasteiger partial charge >= 0.3 is 0 Å². The van der Waals surface area contributed by atoms with Gasteiger partial charge in [-0.2, -0.15) is 0 Å². The van der Waals surface area contributed by atoms with Crippen molar-refractivity contribution in [3.63, 3.8) is 0 Å². The van der Waals surface area contributed by atoms with Crippen molar-refractivity contribution in [2.75, 3.05) is 0 Å². The van der Waals surface area contributed by atoms with Crippen LogP contribution in [-0.2, 0) is 5.54 Å². The zero-order valence-electron chi connectivity index (χ0n) is 13.8. The van der Waals surface area contributed by atoms with Crippen LogP contribution in [0, 0.1) is 5.41 Å². The van der Waals surface area contributed by atoms with Crippen molar-refractivity contribution in [2.45, 2.75) is 57.4 Å². The van der Waals surface area contributed by atoms with Crippen molar-refractivity contribution >= 4 is 0 Å². The molecule has 2 heteroatoms. The Balaban J connectivity index is 1.73. The van der Waals surface area contributed by atoms with Gasteiger partial charge in [-0.05, 0) is 60.6 Å². The Morgan fingerprint density at radius 2 is 1.68 bits per heavy atom. The second-order valence-corrected chi connectivity index (χ2v) is 7.84. The van der Waals surface area contributed by atoms with Gasteiger partial charge in [0.25, 0.3) is 0 Å². The monoisotopic (exact) mass is 296 g/mol. The fourth-order valence-corrected chi connectivity index (χ4v) is 3.68. The molecule has 2 nitrogen and oxygen atoms in total. The lowest BCUT2D eigenvalue weighted by molar-refractivity contribution is 0.224. The molecule has 4 N–H and O–H groups in total. The van der Waals surface area contributed by atoms with E-state index in [0.29, 0.717) is 11.3 Å². The number of nitrogens with two attached hydrogens (primary N) is 2. The number of hydrogen-bond acceptors (Lipinski definition) is 2. The zero-order valence-corrected chi connectivity index (χ0v) is 13.8. The maximum absolute atomic E-state index is 6.52. The molecule has 0 aromatic heterocycles. The van der Waals surface area contributed by atoms with Crippen LogP contribution < -0.4 is 11.5 Å². The third kappa shape index (κ3) is 3.12. The largest absolute Gasteiger partial charge is 0.399 e. The first kappa shape index (κ1) is 15.4. The Morgan fingerprint density at radius 1 is 1.05 bits per heavy atom. The highest BCUT2D eigenvalue weighted by atomic mass is 14.7. The van der Waals surface area contributed by atoms with Gasteiger partial charge in [0, 0.05) is 5.70 Å². The van der Waals surface area contributed by atoms with Crippen LogP contribution in [0.3, 0.4) is 0 Å². The van der Waals surface area contributed by atoms with E-state index in [4.69, 9.17) is 11.5 Å². The third-order valence-electron chi connectivity index (χ3n) is 5.51. The smallest absolute Gasteiger partial charge is 0.0634 e. The average molecular weight is 296 g/mol. The molecule has 0 spiro atoms. The van der Waals surface area contributed by atoms with Crippen molar-refractivity contribution in [2.24, 2.45) is 16.9 Å². The molecule has 0 amide bonds. The van der Waals surface area contributed by atoms with E-state index in [0.717, 1.165) is 12.1 Å². The molecule has 3 rings (SSSR count). The zero-order chi connectivity index (χ0) is 15.8. The minimum atomic E-state index is -0.407. The number of rotatable bonds is 2. The molecule has 0 heterocycles. The second kappa shape index (κ2) is 5.58. The average Bonchev–Trinajstić information content (AvgIpc) is 2.51. The number of benzene rings is 1. The van der Waals surface area contributed by atoms with Gasteiger partial charge in [-0.15, -0.1) is 0 Å². The van der Waals surface area contributed by atoms with Crippen LogP contribution in [0.15, 0.2) is 48.2 Å². The molecule has 0 aliphatic heterocycles. The molecule has 2 aliphatic rings. The molecule has 1 aromatic carbocycles. The molecule has 1 atom stereocenters. The van der Waals surface area contributed by atoms with Crippen LogP contribution >= 0.6 is 0 Å². The molecule has 118 valence electrons. The van der Waals surface area contributed by atoms with E-state index < -0.39 is 5.54 Å². The second-order valence-electron chi connectivity index (χ2n) is 7.84. The van der Waals surface area contributed by atoms with Crippen LogP contribution in [0.4, 0.5) is 0 Å². The first-order valence-electron chi connectivity index (χ1n) is 8.42. The van der Waals surface area contributed by atoms with Crippen LogP contribution in [0.2, 0.25) is 0 Å². The van der Waals surface area contributed by atoms with E-state index in [1.807, 2.05) is 18.2 Å². The van der Waals surface area contributed by atoms with E-state index in [1.54, 1.807) is 0 Å². The van der Waals surface area contributed by atoms with Crippen molar-refractivity contribution < 1.29 is 0 Å². The molecule has 0 bridgehead atoms. The quantitative estimate of drug-likeness (QED) is 0.853. The minimum Gasteiger partial charge on any atom is -0.399 e. The van der Waals surface area contributed by atoms with E-state index in [1.165, 1.54) is 36.8 Å². The van der Waals surface area contributed by atoms with E-state index in [2.05, 4.69) is 38.1 Å². The molecule has 2 aliphatic carbocycles. The summed E-state index contributed by atoms with van der Waals surface area (Å²) in [6, 6.07) is 8.97. The summed E-state index contributed by atoms with van der Waals surface area (Å²) >= 11 is 0. The molecular weight excluding hydrogens is 268 g/mol. The number of hydrogen-bond donors (Lipinski definition) is 2. The van der Waals surface area contributed by atoms with Gasteiger partial charge in [0.05, 0.1) is 5.54 Å². The summed E-state index contributed by atoms with van der Waals surface area (Å²) in [5, 5.41) is 0. The lowest BCUT2D eigenvalue weighted by atomic mass is 9.71. The van der Waals surface area contributed by atoms with Crippen LogP contribution in [0.5, 0.6) is 0 Å². The van der Waals surface area contributed by atoms with Gasteiger partial charge in [-0.3, -0.25) is 0 Å². The predicted octanol–water partition coefficient (Wildman–Crippen LogP) is 4.33. The fraction of sp³-hybridized carbons (Fsp3) is 0.500. The summed E-state index contributed by atoms with van der Waals surface area (Å²) in [6.07, 6.45) is 12.0. The Morgan fingerprint density at radius 3 is 2.23 bits per heavy atom. The predicted molar refractivity (Wildman–Crippen MR) is 93.3 cm³/mol. The molecule has 1 aromatic rings. The molecular formula is C20H28N2. The number of allylic oxidation sites excluding steroid dienone is 1. The highest BCUT2D eigenvalue weighted by molar-refractivity contribution is 5.38. The highest BCUT2D eigenvalue weighted by Crippen LogP contribution is 2.42. The SMILES string of the molecule is CC1(C)CCC(c2ccc(C3(N)C=CC(N)=CC3)cc2)CC1. The topological polar surface area (TPSA) is 52.0 Å². The van der Waals surface area contributed by atoms with Gasteiger partial charge in [0.15, 0.2) is 0 Å². The van der Waals surface area contributed by atoms with Crippen molar-refractivity contribution in [3.05, 3.63) is 59.3 Å². The van der Waals surface area contributed by atoms with Crippen LogP contribution in [0.1, 0.15) is 63.0 Å². The van der Waals surface area contributed by atoms with Gasteiger partial charge < -0.3 is 11.5 Å². The first-order chi connectivity index (χ1) is 10.4. The van der Waals surface area contributed by atoms with Crippen LogP contribution in [0.25, 0.3) is 0 Å². The maximum atomic E-state index is 6.52. The van der Waals surface area contributed by atoms with Gasteiger partial charge in [-0.25, -0.2) is 0 Å². The lowest BCUT2D eigenvalue weighted by Crippen LogP contribution is -2.35. The van der Waals surface area contributed by atoms with Crippen LogP contribution in [-0.4, -0.2) is 0 Å². The summed E-state index contributed by atoms with van der Waals surface area (Å²) in [4.78, 5) is 0. The standard InChI is InChI=1S/C20H28N2/c1-19(2)11-7-16(8-12-19)15-3-5-17(6-4-15)20(22)13-9-18(21)10-14-20/h3-6,9-10,13,16H,7-8,11-12,14,21-22H2,1-2H3. The molecule has 1 saturated carbocycles. The fourth-order valence-electron chi connectivity index (χ4n) is 3.68. The summed E-state index contributed by atoms with van der Waals surface area (Å²) in [5.41, 5.74) is 15.9. The van der Waals surface area contributed by atoms with Crippen molar-refractivity contribution in [3.8, 4) is 0 Å². The Labute approximate surface area is 134 Å². The summed E-state index contributed by atoms with van der Waals surface area (Å²) in [6.45, 7) is 4.78. The third-order valence-corrected chi connectivity index (χ3v) is 5.51. The molecule has 22 heavy (non-hydrogen) atoms. The van der Waals surface area contributed by atoms with Crippen molar-refractivity contribution in [1.82, 2.24) is 0 Å². The molecule has 0 saturated heterocycles. The van der Waals surface area contributed by atoms with E-state index >= 15 is 0 Å². The summed E-state index contributed by atoms with van der Waals surface area (Å²) in [5.74, 6) is 0.716. The van der Waals surface area contributed by atoms with Gasteiger partial charge in [-0.1, -0.05) is 50.3 Å².